The molecule has 16 heteroatoms. The molecule has 0 radical (unpaired) electrons. The van der Waals surface area contributed by atoms with Gasteiger partial charge in [0.05, 0.1) is 19.6 Å². The Bertz CT molecular complexity index is 6200. The molecule has 0 atom stereocenters. The third-order valence-electron chi connectivity index (χ3n) is 22.3. The summed E-state index contributed by atoms with van der Waals surface area (Å²) in [5, 5.41) is 14.5. The highest BCUT2D eigenvalue weighted by Crippen LogP contribution is 2.39. The molecule has 0 saturated carbocycles. The van der Waals surface area contributed by atoms with Crippen molar-refractivity contribution in [1.29, 1.82) is 0 Å². The summed E-state index contributed by atoms with van der Waals surface area (Å²) >= 11 is 0. The van der Waals surface area contributed by atoms with E-state index >= 15 is 0 Å². The quantitative estimate of drug-likeness (QED) is 0.146. The van der Waals surface area contributed by atoms with Crippen LogP contribution in [0.25, 0.3) is 0 Å². The van der Waals surface area contributed by atoms with Crippen LogP contribution in [0.5, 0.6) is 0 Å². The molecule has 520 valence electrons. The number of nitrogens with zero attached hydrogens (tertiary/aromatic N) is 4. The summed E-state index contributed by atoms with van der Waals surface area (Å²) in [5.41, 5.74) is 15.1. The number of sulfonamides is 4. The van der Waals surface area contributed by atoms with E-state index in [4.69, 9.17) is 0 Å². The van der Waals surface area contributed by atoms with Gasteiger partial charge < -0.3 is 0 Å². The molecule has 8 bridgehead atoms. The minimum absolute atomic E-state index is 0.141. The van der Waals surface area contributed by atoms with Gasteiger partial charge in [-0.3, -0.25) is 0 Å². The van der Waals surface area contributed by atoms with Crippen LogP contribution in [-0.2, 0) is 92.5 Å². The molecule has 4 heterocycles. The monoisotopic (exact) mass is 1440 g/mol. The molecule has 12 aromatic carbocycles. The topological polar surface area (TPSA) is 150 Å². The van der Waals surface area contributed by atoms with Crippen molar-refractivity contribution in [2.24, 2.45) is 0 Å². The average molecular weight is 1450 g/mol. The van der Waals surface area contributed by atoms with Gasteiger partial charge in [0.2, 0.25) is 40.1 Å². The fraction of sp³-hybridized carbons (Fsp3) is 0.182. The van der Waals surface area contributed by atoms with E-state index in [2.05, 4.69) is 149 Å². The summed E-state index contributed by atoms with van der Waals surface area (Å²) in [6, 6.07) is 70.9. The first-order chi connectivity index (χ1) is 49.8. The first kappa shape index (κ1) is 67.5. The molecule has 12 aromatic rings. The molecule has 0 saturated heterocycles. The highest BCUT2D eigenvalue weighted by Gasteiger charge is 2.37. The van der Waals surface area contributed by atoms with Crippen molar-refractivity contribution in [3.63, 3.8) is 0 Å². The predicted octanol–water partition coefficient (Wildman–Crippen LogP) is 15.6. The van der Waals surface area contributed by atoms with Crippen molar-refractivity contribution < 1.29 is 33.7 Å². The molecule has 12 nitrogen and oxygen atoms in total. The molecule has 0 spiro atoms. The molecular formula is C88H76N4O8S4. The summed E-state index contributed by atoms with van der Waals surface area (Å²) in [5.74, 6) is 0. The van der Waals surface area contributed by atoms with Crippen LogP contribution in [0.3, 0.4) is 0 Å². The maximum absolute atomic E-state index is 14.8. The zero-order valence-electron chi connectivity index (χ0n) is 59.1. The molecule has 4 aliphatic heterocycles. The van der Waals surface area contributed by atoms with Crippen molar-refractivity contribution >= 4 is 40.1 Å². The Morgan fingerprint density at radius 2 is 0.356 bits per heavy atom. The second kappa shape index (κ2) is 25.0. The summed E-state index contributed by atoms with van der Waals surface area (Å²) in [6.45, 7) is 17.3. The highest BCUT2D eigenvalue weighted by atomic mass is 32.2. The zero-order valence-corrected chi connectivity index (χ0v) is 62.4. The summed E-state index contributed by atoms with van der Waals surface area (Å²) in [4.78, 5) is 0.930. The summed E-state index contributed by atoms with van der Waals surface area (Å²) in [6.07, 6.45) is 0. The van der Waals surface area contributed by atoms with Gasteiger partial charge in [-0.15, -0.1) is 0 Å². The van der Waals surface area contributed by atoms with Gasteiger partial charge >= 0.3 is 0 Å². The summed E-state index contributed by atoms with van der Waals surface area (Å²) < 4.78 is 125. The Kier molecular flexibility index (Phi) is 16.2. The van der Waals surface area contributed by atoms with Gasteiger partial charge in [0, 0.05) is 52.4 Å². The lowest BCUT2D eigenvalue weighted by Crippen LogP contribution is -2.25. The van der Waals surface area contributed by atoms with Gasteiger partial charge in [0.1, 0.15) is 0 Å². The second-order valence-electron chi connectivity index (χ2n) is 28.9. The van der Waals surface area contributed by atoms with E-state index in [-0.39, 0.29) is 71.9 Å². The first-order valence-corrected chi connectivity index (χ1v) is 40.9. The normalized spacial score (nSPS) is 15.2. The number of aryl methyl sites for hydroxylation is 8. The summed E-state index contributed by atoms with van der Waals surface area (Å²) in [7, 11) is -15.8. The predicted molar refractivity (Wildman–Crippen MR) is 402 cm³/mol. The third kappa shape index (κ3) is 11.2. The molecule has 0 fully saturated rings. The maximum atomic E-state index is 14.8. The van der Waals surface area contributed by atoms with E-state index < -0.39 is 40.1 Å². The molecule has 23 rings (SSSR count). The lowest BCUT2D eigenvalue weighted by atomic mass is 9.95. The lowest BCUT2D eigenvalue weighted by molar-refractivity contribution is 0.430. The Morgan fingerprint density at radius 3 is 0.529 bits per heavy atom. The SMILES string of the molecule is Cc1ccc(S(=O)(=O)N2Cc3c(C)cc4c(c3C2)=c2ccc(cc2)=c2cc(C)c3c(c2=c2ccc(cc2)=c2cc(C)c5c(c2=c2ccc(cc2)=c2cc(C)c6c(c2=c2ccc=4cc2)CN(S(=O)(=O)c2ccc(C)cc2)C6)CN(S(=O)(=O)c2ccc(C)cc2)C5)CN(S(=O)(=O)c2ccc(C)cc2)C3)cc1. The number of fused-ring (bicyclic) bond motifs is 4. The first-order valence-electron chi connectivity index (χ1n) is 35.1. The van der Waals surface area contributed by atoms with Crippen LogP contribution in [0.15, 0.2) is 238 Å². The third-order valence-corrected chi connectivity index (χ3v) is 29.6. The van der Waals surface area contributed by atoms with Crippen LogP contribution < -0.4 is 0 Å². The fourth-order valence-electron chi connectivity index (χ4n) is 16.5. The Morgan fingerprint density at radius 1 is 0.202 bits per heavy atom. The smallest absolute Gasteiger partial charge is 0.207 e. The van der Waals surface area contributed by atoms with Crippen LogP contribution in [-0.4, -0.2) is 50.9 Å². The number of hydrogen-bond acceptors (Lipinski definition) is 8. The molecule has 0 N–H and O–H groups in total. The van der Waals surface area contributed by atoms with E-state index in [0.29, 0.717) is 0 Å². The van der Waals surface area contributed by atoms with Crippen molar-refractivity contribution in [1.82, 2.24) is 17.2 Å². The van der Waals surface area contributed by atoms with Gasteiger partial charge in [0.25, 0.3) is 0 Å². The van der Waals surface area contributed by atoms with Gasteiger partial charge in [-0.25, -0.2) is 33.7 Å². The number of hydrogen-bond donors (Lipinski definition) is 0. The number of rotatable bonds is 8. The highest BCUT2D eigenvalue weighted by molar-refractivity contribution is 7.90. The standard InChI is InChI=1S/C88H76N4O8S4/c1-53-9-33-69(34-10-53)101(93,94)89-45-77-57(5)41-73-61-19-27-66(28-20-61)86-75(43-59(7)79-47-90(50-82(79)86)102(95,96)70-35-11-54(2)12-36-70)63-23-31-68(32-24-63)88-76(44-60(8)80-48-92(52-84(80)88)104(99,100)72-39-15-56(4)16-40-72)64-21-29-67(30-22-64)87-74(62-17-25-65(26-18-62)85(73)81(77)49-89)42-58(6)78-46-91(51-83(78)87)103(97,98)71-37-13-55(3)14-38-71/h9-44H,45-52H2,1-8H3. The molecule has 0 amide bonds. The molecule has 0 unspecified atom stereocenters. The van der Waals surface area contributed by atoms with Crippen LogP contribution in [0.1, 0.15) is 89.0 Å². The fourth-order valence-corrected chi connectivity index (χ4v) is 22.0. The maximum Gasteiger partial charge on any atom is 0.243 e. The Hall–Kier alpha value is -9.72. The minimum atomic E-state index is -3.94. The van der Waals surface area contributed by atoms with Crippen LogP contribution in [0.2, 0.25) is 0 Å². The Labute approximate surface area is 604 Å². The largest absolute Gasteiger partial charge is 0.243 e. The molecule has 11 aliphatic rings. The van der Waals surface area contributed by atoms with Crippen molar-refractivity contribution in [3.8, 4) is 0 Å². The number of benzene rings is 12. The zero-order chi connectivity index (χ0) is 72.2. The van der Waals surface area contributed by atoms with Gasteiger partial charge in [0.15, 0.2) is 0 Å². The van der Waals surface area contributed by atoms with Crippen LogP contribution >= 0.6 is 0 Å². The van der Waals surface area contributed by atoms with Gasteiger partial charge in [-0.1, -0.05) is 192 Å². The minimum Gasteiger partial charge on any atom is -0.207 e. The van der Waals surface area contributed by atoms with Crippen molar-refractivity contribution in [2.45, 2.75) is 127 Å². The second-order valence-corrected chi connectivity index (χ2v) is 36.7. The molecular weight excluding hydrogens is 1370 g/mol. The molecule has 0 aromatic heterocycles. The van der Waals surface area contributed by atoms with E-state index in [1.807, 2.05) is 76.2 Å². The van der Waals surface area contributed by atoms with E-state index in [0.717, 1.165) is 173 Å². The van der Waals surface area contributed by atoms with E-state index in [1.54, 1.807) is 65.8 Å². The lowest BCUT2D eigenvalue weighted by Gasteiger charge is -2.15. The van der Waals surface area contributed by atoms with Crippen molar-refractivity contribution in [3.05, 3.63) is 391 Å². The van der Waals surface area contributed by atoms with E-state index in [1.165, 1.54) is 0 Å². The average Bonchev–Trinajstić information content (AvgIpc) is 1.55. The molecule has 7 aliphatic carbocycles. The van der Waals surface area contributed by atoms with Gasteiger partial charge in [-0.2, -0.15) is 17.2 Å². The van der Waals surface area contributed by atoms with E-state index in [9.17, 15) is 33.7 Å². The van der Waals surface area contributed by atoms with Crippen LogP contribution in [0, 0.1) is 139 Å². The Balaban J connectivity index is 1.00. The van der Waals surface area contributed by atoms with Gasteiger partial charge in [-0.05, 0) is 254 Å². The van der Waals surface area contributed by atoms with Crippen LogP contribution in [0.4, 0.5) is 0 Å². The van der Waals surface area contributed by atoms with Crippen molar-refractivity contribution in [2.75, 3.05) is 0 Å². The molecule has 104 heavy (non-hydrogen) atoms.